The number of nitrogens with one attached hydrogen (secondary N) is 1. The number of amides is 1. The van der Waals surface area contributed by atoms with Crippen molar-refractivity contribution >= 4 is 28.3 Å². The third-order valence-electron chi connectivity index (χ3n) is 4.52. The van der Waals surface area contributed by atoms with E-state index in [0.717, 1.165) is 34.2 Å². The molecule has 1 amide bonds. The summed E-state index contributed by atoms with van der Waals surface area (Å²) < 4.78 is 5.20. The van der Waals surface area contributed by atoms with Crippen LogP contribution in [0.15, 0.2) is 53.9 Å². The first-order valence-corrected chi connectivity index (χ1v) is 10.3. The van der Waals surface area contributed by atoms with Crippen molar-refractivity contribution in [2.24, 2.45) is 0 Å². The maximum Gasteiger partial charge on any atom is 0.322 e. The smallest absolute Gasteiger partial charge is 0.322 e. The molecule has 0 saturated heterocycles. The van der Waals surface area contributed by atoms with Crippen LogP contribution in [0.5, 0.6) is 5.75 Å². The van der Waals surface area contributed by atoms with Crippen LogP contribution in [0.1, 0.15) is 22.8 Å². The van der Waals surface area contributed by atoms with Gasteiger partial charge in [-0.3, -0.25) is 9.59 Å². The Morgan fingerprint density at radius 1 is 1.13 bits per heavy atom. The molecule has 156 valence electrons. The van der Waals surface area contributed by atoms with Gasteiger partial charge in [-0.1, -0.05) is 12.1 Å². The summed E-state index contributed by atoms with van der Waals surface area (Å²) in [5, 5.41) is 14.0. The fourth-order valence-electron chi connectivity index (χ4n) is 2.86. The molecule has 2 N–H and O–H groups in total. The largest absolute Gasteiger partial charge is 0.497 e. The molecule has 8 heteroatoms. The van der Waals surface area contributed by atoms with Crippen LogP contribution in [0.2, 0.25) is 0 Å². The molecule has 7 nitrogen and oxygen atoms in total. The van der Waals surface area contributed by atoms with Gasteiger partial charge in [0, 0.05) is 29.6 Å². The van der Waals surface area contributed by atoms with E-state index in [1.54, 1.807) is 30.6 Å². The van der Waals surface area contributed by atoms with Crippen LogP contribution in [-0.4, -0.2) is 42.2 Å². The van der Waals surface area contributed by atoms with E-state index >= 15 is 0 Å². The number of carbonyl (C=O) groups is 2. The van der Waals surface area contributed by atoms with E-state index < -0.39 is 18.4 Å². The van der Waals surface area contributed by atoms with Gasteiger partial charge in [-0.15, -0.1) is 11.3 Å². The minimum Gasteiger partial charge on any atom is -0.497 e. The first-order chi connectivity index (χ1) is 14.5. The monoisotopic (exact) mass is 425 g/mol. The van der Waals surface area contributed by atoms with Crippen LogP contribution in [-0.2, 0) is 11.3 Å². The maximum atomic E-state index is 11.9. The van der Waals surface area contributed by atoms with E-state index in [1.807, 2.05) is 41.8 Å². The van der Waals surface area contributed by atoms with E-state index in [-0.39, 0.29) is 0 Å². The van der Waals surface area contributed by atoms with E-state index in [9.17, 15) is 9.59 Å². The van der Waals surface area contributed by atoms with Gasteiger partial charge >= 0.3 is 5.97 Å². The second kappa shape index (κ2) is 9.89. The molecule has 0 bridgehead atoms. The Hall–Kier alpha value is -3.39. The molecule has 0 spiro atoms. The number of methoxy groups -OCH3 is 1. The second-order valence-corrected chi connectivity index (χ2v) is 7.37. The third kappa shape index (κ3) is 5.36. The Bertz CT molecular complexity index is 1000. The molecular formula is C22H23N3O4S. The molecule has 0 aliphatic rings. The quantitative estimate of drug-likeness (QED) is 0.544. The minimum atomic E-state index is -1.07. The molecule has 0 aliphatic carbocycles. The molecule has 0 aliphatic heterocycles. The number of carboxylic acids is 1. The summed E-state index contributed by atoms with van der Waals surface area (Å²) >= 11 is 1.59. The van der Waals surface area contributed by atoms with Crippen molar-refractivity contribution in [3.63, 3.8) is 0 Å². The standard InChI is InChI=1S/C22H23N3O4S/c1-3-25(13-15-4-6-17(7-5-15)21(28)23-12-20(26)27)22-24-19(14-30-22)16-8-10-18(29-2)11-9-16/h4-11,14H,3,12-13H2,1-2H3,(H,23,28)(H,26,27). The number of thiazole rings is 1. The molecule has 1 aromatic heterocycles. The fourth-order valence-corrected chi connectivity index (χ4v) is 3.76. The lowest BCUT2D eigenvalue weighted by molar-refractivity contribution is -0.135. The van der Waals surface area contributed by atoms with E-state index in [1.165, 1.54) is 0 Å². The van der Waals surface area contributed by atoms with Crippen molar-refractivity contribution in [1.82, 2.24) is 10.3 Å². The number of aliphatic carboxylic acids is 1. The summed E-state index contributed by atoms with van der Waals surface area (Å²) in [6.45, 7) is 3.12. The van der Waals surface area contributed by atoms with Crippen molar-refractivity contribution in [2.75, 3.05) is 25.1 Å². The van der Waals surface area contributed by atoms with Crippen molar-refractivity contribution in [3.8, 4) is 17.0 Å². The summed E-state index contributed by atoms with van der Waals surface area (Å²) in [5.74, 6) is -0.666. The highest BCUT2D eigenvalue weighted by Gasteiger charge is 2.13. The van der Waals surface area contributed by atoms with Crippen LogP contribution in [0.25, 0.3) is 11.3 Å². The normalized spacial score (nSPS) is 10.5. The Balaban J connectivity index is 1.67. The van der Waals surface area contributed by atoms with E-state index in [4.69, 9.17) is 14.8 Å². The lowest BCUT2D eigenvalue weighted by atomic mass is 10.1. The highest BCUT2D eigenvalue weighted by molar-refractivity contribution is 7.14. The van der Waals surface area contributed by atoms with Crippen molar-refractivity contribution in [2.45, 2.75) is 13.5 Å². The number of benzene rings is 2. The van der Waals surface area contributed by atoms with Crippen LogP contribution < -0.4 is 15.0 Å². The Kier molecular flexibility index (Phi) is 7.03. The van der Waals surface area contributed by atoms with Crippen LogP contribution in [0, 0.1) is 0 Å². The summed E-state index contributed by atoms with van der Waals surface area (Å²) in [6, 6.07) is 15.0. The van der Waals surface area contributed by atoms with Gasteiger partial charge in [0.25, 0.3) is 5.91 Å². The van der Waals surface area contributed by atoms with Crippen molar-refractivity contribution in [1.29, 1.82) is 0 Å². The van der Waals surface area contributed by atoms with Crippen molar-refractivity contribution in [3.05, 3.63) is 65.0 Å². The SMILES string of the molecule is CCN(Cc1ccc(C(=O)NCC(=O)O)cc1)c1nc(-c2ccc(OC)cc2)cs1. The predicted molar refractivity (Wildman–Crippen MR) is 117 cm³/mol. The van der Waals surface area contributed by atoms with Crippen LogP contribution in [0.3, 0.4) is 0 Å². The number of rotatable bonds is 9. The van der Waals surface area contributed by atoms with Gasteiger partial charge in [0.05, 0.1) is 12.8 Å². The van der Waals surface area contributed by atoms with Gasteiger partial charge in [0.1, 0.15) is 12.3 Å². The molecule has 0 unspecified atom stereocenters. The molecule has 30 heavy (non-hydrogen) atoms. The van der Waals surface area contributed by atoms with E-state index in [2.05, 4.69) is 17.1 Å². The Morgan fingerprint density at radius 2 is 1.83 bits per heavy atom. The zero-order valence-electron chi connectivity index (χ0n) is 16.8. The number of carbonyl (C=O) groups excluding carboxylic acids is 1. The number of hydrogen-bond acceptors (Lipinski definition) is 6. The molecule has 3 rings (SSSR count). The topological polar surface area (TPSA) is 91.8 Å². The number of carboxylic acid groups (broad SMARTS) is 1. The van der Waals surface area contributed by atoms with E-state index in [0.29, 0.717) is 12.1 Å². The zero-order chi connectivity index (χ0) is 21.5. The summed E-state index contributed by atoms with van der Waals surface area (Å²) in [6.07, 6.45) is 0. The first kappa shape index (κ1) is 21.3. The molecule has 0 fully saturated rings. The van der Waals surface area contributed by atoms with Crippen molar-refractivity contribution < 1.29 is 19.4 Å². The van der Waals surface area contributed by atoms with Crippen LogP contribution >= 0.6 is 11.3 Å². The maximum absolute atomic E-state index is 11.9. The number of nitrogens with zero attached hydrogens (tertiary/aromatic N) is 2. The molecule has 0 radical (unpaired) electrons. The van der Waals surface area contributed by atoms with Gasteiger partial charge in [0.2, 0.25) is 0 Å². The highest BCUT2D eigenvalue weighted by atomic mass is 32.1. The fraction of sp³-hybridized carbons (Fsp3) is 0.227. The van der Waals surface area contributed by atoms with Gasteiger partial charge < -0.3 is 20.1 Å². The Morgan fingerprint density at radius 3 is 2.43 bits per heavy atom. The molecule has 1 heterocycles. The lowest BCUT2D eigenvalue weighted by Gasteiger charge is -2.20. The first-order valence-electron chi connectivity index (χ1n) is 9.44. The predicted octanol–water partition coefficient (Wildman–Crippen LogP) is 3.66. The second-order valence-electron chi connectivity index (χ2n) is 6.53. The summed E-state index contributed by atoms with van der Waals surface area (Å²) in [5.41, 5.74) is 3.42. The van der Waals surface area contributed by atoms with Gasteiger partial charge in [-0.05, 0) is 48.9 Å². The number of hydrogen-bond donors (Lipinski definition) is 2. The summed E-state index contributed by atoms with van der Waals surface area (Å²) in [7, 11) is 1.64. The van der Waals surface area contributed by atoms with Gasteiger partial charge in [-0.2, -0.15) is 0 Å². The number of ether oxygens (including phenoxy) is 1. The average Bonchev–Trinajstić information content (AvgIpc) is 3.26. The number of aromatic nitrogens is 1. The molecule has 0 saturated carbocycles. The van der Waals surface area contributed by atoms with Gasteiger partial charge in [-0.25, -0.2) is 4.98 Å². The summed E-state index contributed by atoms with van der Waals surface area (Å²) in [4.78, 5) is 29.4. The lowest BCUT2D eigenvalue weighted by Crippen LogP contribution is -2.29. The minimum absolute atomic E-state index is 0.398. The highest BCUT2D eigenvalue weighted by Crippen LogP contribution is 2.29. The third-order valence-corrected chi connectivity index (χ3v) is 5.42. The van der Waals surface area contributed by atoms with Crippen LogP contribution in [0.4, 0.5) is 5.13 Å². The zero-order valence-corrected chi connectivity index (χ0v) is 17.6. The molecule has 2 aromatic carbocycles. The Labute approximate surface area is 179 Å². The molecular weight excluding hydrogens is 402 g/mol. The molecule has 3 aromatic rings. The average molecular weight is 426 g/mol. The molecule has 0 atom stereocenters. The van der Waals surface area contributed by atoms with Gasteiger partial charge in [0.15, 0.2) is 5.13 Å². The number of anilines is 1.